The van der Waals surface area contributed by atoms with Gasteiger partial charge in [0.15, 0.2) is 16.1 Å². The van der Waals surface area contributed by atoms with E-state index < -0.39 is 81.0 Å². The van der Waals surface area contributed by atoms with Gasteiger partial charge in [-0.15, -0.1) is 0 Å². The third-order valence-corrected chi connectivity index (χ3v) is 12.9. The molecule has 1 saturated heterocycles. The van der Waals surface area contributed by atoms with E-state index in [0.717, 1.165) is 18.5 Å². The second kappa shape index (κ2) is 19.8. The summed E-state index contributed by atoms with van der Waals surface area (Å²) in [5.41, 5.74) is 1.99. The molecule has 0 aliphatic carbocycles. The van der Waals surface area contributed by atoms with Crippen LogP contribution in [0, 0.1) is 5.41 Å². The molecule has 0 spiro atoms. The zero-order valence-corrected chi connectivity index (χ0v) is 37.0. The second-order valence-corrected chi connectivity index (χ2v) is 17.4. The fourth-order valence-electron chi connectivity index (χ4n) is 7.38. The van der Waals surface area contributed by atoms with E-state index in [-0.39, 0.29) is 68.6 Å². The number of amides is 2. The standard InChI is InChI=1S/C38H51N3O12S2.K/c1-5-7-19-38(6-2)23-54(46,47)30-18-17-27(41(3)4)20-28(30)31(35(38)44)25-13-15-26(16-14-25)39-37(45)40-36-33(43)34(51-21-24-11-9-8-10-12-24)32(42)29(53-36)22-52-55(48,49)50;/h8-18,20,29,31-36,42-44H,5-7,19,21-23H2,1-4H3,(H2,39,40,45)(H,48,49,50);/q;+1/p-1/t29-,31-,32-,33-,34+,35-,36-,38-;/m1./s1. The van der Waals surface area contributed by atoms with Crippen LogP contribution in [0.1, 0.15) is 62.1 Å². The average Bonchev–Trinajstić information content (AvgIpc) is 3.21. The number of carbonyl (C=O) groups excluding carboxylic acids is 1. The van der Waals surface area contributed by atoms with Crippen LogP contribution < -0.4 is 66.9 Å². The molecule has 2 amide bonds. The summed E-state index contributed by atoms with van der Waals surface area (Å²) in [5.74, 6) is -0.902. The number of rotatable bonds is 14. The number of nitrogens with zero attached hydrogens (tertiary/aromatic N) is 1. The third kappa shape index (κ3) is 11.2. The molecule has 5 rings (SSSR count). The summed E-state index contributed by atoms with van der Waals surface area (Å²) in [5, 5.41) is 39.3. The first kappa shape index (κ1) is 46.7. The van der Waals surface area contributed by atoms with Crippen LogP contribution in [0.25, 0.3) is 0 Å². The number of anilines is 2. The molecule has 2 aliphatic heterocycles. The number of hydrogen-bond acceptors (Lipinski definition) is 13. The van der Waals surface area contributed by atoms with E-state index in [1.807, 2.05) is 32.8 Å². The van der Waals surface area contributed by atoms with E-state index in [0.29, 0.717) is 35.2 Å². The number of hydrogen-bond donors (Lipinski definition) is 5. The number of aliphatic hydroxyl groups excluding tert-OH is 3. The van der Waals surface area contributed by atoms with Gasteiger partial charge in [0.25, 0.3) is 0 Å². The van der Waals surface area contributed by atoms with E-state index in [1.165, 1.54) is 0 Å². The molecule has 1 fully saturated rings. The quantitative estimate of drug-likeness (QED) is 0.0836. The molecule has 3 aromatic rings. The molecule has 0 unspecified atom stereocenters. The molecule has 5 N–H and O–H groups in total. The van der Waals surface area contributed by atoms with Gasteiger partial charge in [-0.2, -0.15) is 0 Å². The van der Waals surface area contributed by atoms with Gasteiger partial charge in [-0.25, -0.2) is 21.6 Å². The topological polar surface area (TPSA) is 224 Å². The van der Waals surface area contributed by atoms with Gasteiger partial charge >= 0.3 is 57.4 Å². The molecular formula is C38H50KN3O12S2. The molecule has 2 aliphatic rings. The predicted molar refractivity (Wildman–Crippen MR) is 203 cm³/mol. The number of urea groups is 1. The summed E-state index contributed by atoms with van der Waals surface area (Å²) < 4.78 is 77.1. The van der Waals surface area contributed by atoms with Crippen LogP contribution in [0.4, 0.5) is 16.2 Å². The summed E-state index contributed by atoms with van der Waals surface area (Å²) in [6, 6.07) is 19.8. The SMILES string of the molecule is CCCC[C@]1(CC)CS(=O)(=O)c2ccc(N(C)C)cc2[C@@H](c2ccc(NC(=O)N[C@@H]3O[C@H](COS(=O)(=O)[O-])[C@@H](O)[C@H](OCc4ccccc4)[C@H]3O)cc2)[C@H]1O.[K+]. The maximum atomic E-state index is 14.0. The number of carbonyl (C=O) groups is 1. The second-order valence-electron chi connectivity index (χ2n) is 14.4. The van der Waals surface area contributed by atoms with Crippen molar-refractivity contribution in [2.45, 2.75) is 93.7 Å². The van der Waals surface area contributed by atoms with Crippen LogP contribution in [0.15, 0.2) is 77.7 Å². The summed E-state index contributed by atoms with van der Waals surface area (Å²) >= 11 is 0. The summed E-state index contributed by atoms with van der Waals surface area (Å²) in [7, 11) is -5.24. The first-order chi connectivity index (χ1) is 26.0. The summed E-state index contributed by atoms with van der Waals surface area (Å²) in [4.78, 5) is 15.3. The molecule has 15 nitrogen and oxygen atoms in total. The molecule has 0 saturated carbocycles. The number of benzene rings is 3. The minimum Gasteiger partial charge on any atom is -0.726 e. The van der Waals surface area contributed by atoms with Crippen molar-refractivity contribution in [3.63, 3.8) is 0 Å². The molecule has 18 heteroatoms. The Morgan fingerprint density at radius 2 is 1.70 bits per heavy atom. The fourth-order valence-corrected chi connectivity index (χ4v) is 9.93. The molecule has 0 radical (unpaired) electrons. The Kier molecular flexibility index (Phi) is 16.5. The molecule has 3 aromatic carbocycles. The van der Waals surface area contributed by atoms with Crippen LogP contribution in [-0.4, -0.2) is 106 Å². The van der Waals surface area contributed by atoms with E-state index >= 15 is 0 Å². The molecule has 56 heavy (non-hydrogen) atoms. The minimum absolute atomic E-state index is 0. The van der Waals surface area contributed by atoms with Crippen molar-refractivity contribution >= 4 is 37.6 Å². The van der Waals surface area contributed by atoms with Crippen molar-refractivity contribution in [1.82, 2.24) is 5.32 Å². The zero-order valence-electron chi connectivity index (χ0n) is 32.2. The van der Waals surface area contributed by atoms with Crippen molar-refractivity contribution in [2.75, 3.05) is 36.7 Å². The molecule has 0 aromatic heterocycles. The zero-order chi connectivity index (χ0) is 40.1. The van der Waals surface area contributed by atoms with Gasteiger partial charge in [-0.05, 0) is 59.9 Å². The Hall–Kier alpha value is -2.01. The van der Waals surface area contributed by atoms with Crippen LogP contribution in [-0.2, 0) is 40.5 Å². The van der Waals surface area contributed by atoms with Gasteiger partial charge < -0.3 is 44.9 Å². The van der Waals surface area contributed by atoms with Crippen LogP contribution in [0.5, 0.6) is 0 Å². The van der Waals surface area contributed by atoms with Gasteiger partial charge in [0, 0.05) is 36.8 Å². The van der Waals surface area contributed by atoms with E-state index in [1.54, 1.807) is 72.8 Å². The Labute approximate surface area is 371 Å². The van der Waals surface area contributed by atoms with Crippen molar-refractivity contribution in [3.8, 4) is 0 Å². The van der Waals surface area contributed by atoms with Gasteiger partial charge in [0.05, 0.1) is 30.0 Å². The Bertz CT molecular complexity index is 1990. The van der Waals surface area contributed by atoms with Crippen molar-refractivity contribution < 1.29 is 107 Å². The summed E-state index contributed by atoms with van der Waals surface area (Å²) in [6.07, 6.45) is -6.20. The van der Waals surface area contributed by atoms with Crippen molar-refractivity contribution in [3.05, 3.63) is 89.5 Å². The molecular weight excluding hydrogens is 794 g/mol. The number of fused-ring (bicyclic) bond motifs is 1. The van der Waals surface area contributed by atoms with E-state index in [2.05, 4.69) is 14.8 Å². The Morgan fingerprint density at radius 1 is 1.02 bits per heavy atom. The maximum Gasteiger partial charge on any atom is 1.00 e. The molecule has 2 heterocycles. The fraction of sp³-hybridized carbons (Fsp3) is 0.500. The maximum absolute atomic E-state index is 14.0. The molecule has 0 bridgehead atoms. The third-order valence-electron chi connectivity index (χ3n) is 10.5. The van der Waals surface area contributed by atoms with E-state index in [9.17, 15) is 41.5 Å². The van der Waals surface area contributed by atoms with Gasteiger partial charge in [0.2, 0.25) is 10.4 Å². The van der Waals surface area contributed by atoms with Crippen LogP contribution in [0.3, 0.4) is 0 Å². The predicted octanol–water partition coefficient (Wildman–Crippen LogP) is 0.254. The number of sulfone groups is 1. The first-order valence-corrected chi connectivity index (χ1v) is 21.1. The molecule has 302 valence electrons. The molecule has 8 atom stereocenters. The number of aliphatic hydroxyl groups is 3. The van der Waals surface area contributed by atoms with Crippen molar-refractivity contribution in [2.24, 2.45) is 5.41 Å². The average molecular weight is 844 g/mol. The minimum atomic E-state index is -5.16. The summed E-state index contributed by atoms with van der Waals surface area (Å²) in [6.45, 7) is 2.97. The van der Waals surface area contributed by atoms with Gasteiger partial charge in [-0.3, -0.25) is 4.18 Å². The Balaban J connectivity index is 0.00000696. The van der Waals surface area contributed by atoms with Gasteiger partial charge in [-0.1, -0.05) is 69.2 Å². The largest absolute Gasteiger partial charge is 1.00 e. The number of ether oxygens (including phenoxy) is 2. The Morgan fingerprint density at radius 3 is 2.30 bits per heavy atom. The normalized spacial score (nSPS) is 27.2. The smallest absolute Gasteiger partial charge is 0.726 e. The van der Waals surface area contributed by atoms with Crippen molar-refractivity contribution in [1.29, 1.82) is 0 Å². The van der Waals surface area contributed by atoms with Crippen LogP contribution >= 0.6 is 0 Å². The first-order valence-electron chi connectivity index (χ1n) is 18.2. The van der Waals surface area contributed by atoms with E-state index in [4.69, 9.17) is 9.47 Å². The van der Waals surface area contributed by atoms with Crippen LogP contribution in [0.2, 0.25) is 0 Å². The number of nitrogens with one attached hydrogen (secondary N) is 2. The monoisotopic (exact) mass is 843 g/mol. The van der Waals surface area contributed by atoms with Gasteiger partial charge in [0.1, 0.15) is 24.4 Å². The number of unbranched alkanes of at least 4 members (excludes halogenated alkanes) is 1.